The number of nitrogens with one attached hydrogen (secondary N) is 1. The summed E-state index contributed by atoms with van der Waals surface area (Å²) in [4.78, 5) is 11.6. The minimum Gasteiger partial charge on any atom is -0.497 e. The first-order valence-electron chi connectivity index (χ1n) is 7.33. The van der Waals surface area contributed by atoms with Gasteiger partial charge in [0, 0.05) is 6.04 Å². The first-order valence-corrected chi connectivity index (χ1v) is 7.33. The van der Waals surface area contributed by atoms with Crippen LogP contribution in [-0.4, -0.2) is 24.2 Å². The van der Waals surface area contributed by atoms with Crippen LogP contribution in [0.25, 0.3) is 0 Å². The third-order valence-corrected chi connectivity index (χ3v) is 3.93. The van der Waals surface area contributed by atoms with E-state index in [0.717, 1.165) is 18.4 Å². The van der Waals surface area contributed by atoms with Crippen LogP contribution in [0.15, 0.2) is 24.3 Å². The van der Waals surface area contributed by atoms with Gasteiger partial charge in [-0.15, -0.1) is 0 Å². The molecule has 0 radical (unpaired) electrons. The maximum Gasteiger partial charge on any atom is 0.325 e. The van der Waals surface area contributed by atoms with E-state index in [9.17, 15) is 9.90 Å². The summed E-state index contributed by atoms with van der Waals surface area (Å²) in [5.74, 6) is -0.140. The fourth-order valence-corrected chi connectivity index (χ4v) is 2.81. The molecule has 110 valence electrons. The Bertz CT molecular complexity index is 439. The zero-order valence-electron chi connectivity index (χ0n) is 12.0. The van der Waals surface area contributed by atoms with E-state index < -0.39 is 12.0 Å². The third-order valence-electron chi connectivity index (χ3n) is 3.93. The maximum absolute atomic E-state index is 11.6. The van der Waals surface area contributed by atoms with Gasteiger partial charge in [-0.05, 0) is 30.5 Å². The number of methoxy groups -OCH3 is 1. The number of benzene rings is 1. The molecule has 1 fully saturated rings. The Balaban J connectivity index is 2.11. The minimum atomic E-state index is -0.831. The van der Waals surface area contributed by atoms with Crippen LogP contribution in [-0.2, 0) is 4.79 Å². The van der Waals surface area contributed by atoms with Crippen LogP contribution in [0.2, 0.25) is 0 Å². The summed E-state index contributed by atoms with van der Waals surface area (Å²) >= 11 is 0. The number of carboxylic acids is 1. The molecule has 1 aromatic rings. The average Bonchev–Trinajstić information content (AvgIpc) is 2.73. The predicted molar refractivity (Wildman–Crippen MR) is 78.0 cm³/mol. The van der Waals surface area contributed by atoms with Crippen molar-refractivity contribution >= 4 is 5.97 Å². The number of rotatable bonds is 5. The number of aliphatic carboxylic acids is 1. The van der Waals surface area contributed by atoms with Gasteiger partial charge in [0.2, 0.25) is 0 Å². The predicted octanol–water partition coefficient (Wildman–Crippen LogP) is 3.13. The quantitative estimate of drug-likeness (QED) is 0.812. The molecule has 0 aromatic heterocycles. The molecule has 0 heterocycles. The van der Waals surface area contributed by atoms with Gasteiger partial charge in [-0.3, -0.25) is 10.1 Å². The number of ether oxygens (including phenoxy) is 1. The summed E-state index contributed by atoms with van der Waals surface area (Å²) in [7, 11) is 1.59. The second kappa shape index (κ2) is 7.29. The highest BCUT2D eigenvalue weighted by Gasteiger charge is 2.24. The van der Waals surface area contributed by atoms with Crippen molar-refractivity contribution in [2.45, 2.75) is 50.6 Å². The lowest BCUT2D eigenvalue weighted by Gasteiger charge is -2.22. The number of hydrogen-bond donors (Lipinski definition) is 2. The molecule has 1 atom stereocenters. The molecule has 4 nitrogen and oxygen atoms in total. The highest BCUT2D eigenvalue weighted by atomic mass is 16.5. The van der Waals surface area contributed by atoms with E-state index in [1.807, 2.05) is 18.2 Å². The zero-order chi connectivity index (χ0) is 14.4. The lowest BCUT2D eigenvalue weighted by molar-refractivity contribution is -0.140. The van der Waals surface area contributed by atoms with Crippen molar-refractivity contribution in [1.82, 2.24) is 5.32 Å². The van der Waals surface area contributed by atoms with E-state index in [-0.39, 0.29) is 0 Å². The third kappa shape index (κ3) is 3.97. The Labute approximate surface area is 120 Å². The van der Waals surface area contributed by atoms with Gasteiger partial charge in [-0.25, -0.2) is 0 Å². The fourth-order valence-electron chi connectivity index (χ4n) is 2.81. The van der Waals surface area contributed by atoms with Gasteiger partial charge >= 0.3 is 5.97 Å². The molecule has 0 aliphatic heterocycles. The molecule has 1 unspecified atom stereocenters. The largest absolute Gasteiger partial charge is 0.497 e. The lowest BCUT2D eigenvalue weighted by atomic mass is 10.0. The molecule has 2 rings (SSSR count). The monoisotopic (exact) mass is 277 g/mol. The molecule has 0 bridgehead atoms. The molecule has 1 aromatic carbocycles. The van der Waals surface area contributed by atoms with Crippen molar-refractivity contribution in [1.29, 1.82) is 0 Å². The van der Waals surface area contributed by atoms with Crippen molar-refractivity contribution in [3.8, 4) is 5.75 Å². The molecule has 20 heavy (non-hydrogen) atoms. The highest BCUT2D eigenvalue weighted by Crippen LogP contribution is 2.23. The van der Waals surface area contributed by atoms with Crippen LogP contribution in [0, 0.1) is 0 Å². The maximum atomic E-state index is 11.6. The van der Waals surface area contributed by atoms with Gasteiger partial charge in [0.25, 0.3) is 0 Å². The van der Waals surface area contributed by atoms with Gasteiger partial charge in [-0.2, -0.15) is 0 Å². The number of carbonyl (C=O) groups is 1. The standard InChI is InChI=1S/C16H23NO3/c1-20-14-10-6-7-12(11-14)15(16(18)19)17-13-8-4-2-3-5-9-13/h6-7,10-11,13,15,17H,2-5,8-9H2,1H3,(H,18,19). The van der Waals surface area contributed by atoms with Gasteiger partial charge in [0.1, 0.15) is 11.8 Å². The van der Waals surface area contributed by atoms with Crippen molar-refractivity contribution < 1.29 is 14.6 Å². The molecule has 0 spiro atoms. The van der Waals surface area contributed by atoms with E-state index >= 15 is 0 Å². The SMILES string of the molecule is COc1cccc(C(NC2CCCCCC2)C(=O)O)c1. The smallest absolute Gasteiger partial charge is 0.325 e. The second-order valence-electron chi connectivity index (χ2n) is 5.40. The molecule has 1 aliphatic rings. The Morgan fingerprint density at radius 3 is 2.60 bits per heavy atom. The van der Waals surface area contributed by atoms with Crippen molar-refractivity contribution in [2.24, 2.45) is 0 Å². The van der Waals surface area contributed by atoms with Crippen molar-refractivity contribution in [3.05, 3.63) is 29.8 Å². The zero-order valence-corrected chi connectivity index (χ0v) is 12.0. The Kier molecular flexibility index (Phi) is 5.41. The van der Waals surface area contributed by atoms with Gasteiger partial charge < -0.3 is 9.84 Å². The Morgan fingerprint density at radius 2 is 2.00 bits per heavy atom. The summed E-state index contributed by atoms with van der Waals surface area (Å²) in [6, 6.07) is 6.93. The van der Waals surface area contributed by atoms with E-state index in [1.165, 1.54) is 25.7 Å². The normalized spacial score (nSPS) is 18.2. The van der Waals surface area contributed by atoms with Crippen LogP contribution in [0.5, 0.6) is 5.75 Å². The molecule has 0 amide bonds. The summed E-state index contributed by atoms with van der Waals surface area (Å²) < 4.78 is 5.17. The van der Waals surface area contributed by atoms with Crippen LogP contribution >= 0.6 is 0 Å². The molecule has 0 saturated heterocycles. The summed E-state index contributed by atoms with van der Waals surface area (Å²) in [6.45, 7) is 0. The lowest BCUT2D eigenvalue weighted by Crippen LogP contribution is -2.36. The first kappa shape index (κ1) is 14.9. The molecular weight excluding hydrogens is 254 g/mol. The van der Waals surface area contributed by atoms with Crippen molar-refractivity contribution in [2.75, 3.05) is 7.11 Å². The molecule has 2 N–H and O–H groups in total. The Morgan fingerprint density at radius 1 is 1.30 bits per heavy atom. The minimum absolute atomic E-state index is 0.296. The summed E-state index contributed by atoms with van der Waals surface area (Å²) in [5.41, 5.74) is 0.751. The van der Waals surface area contributed by atoms with E-state index in [4.69, 9.17) is 4.74 Å². The average molecular weight is 277 g/mol. The molecule has 1 saturated carbocycles. The topological polar surface area (TPSA) is 58.6 Å². The van der Waals surface area contributed by atoms with Crippen LogP contribution in [0.4, 0.5) is 0 Å². The van der Waals surface area contributed by atoms with Gasteiger partial charge in [0.15, 0.2) is 0 Å². The molecule has 4 heteroatoms. The van der Waals surface area contributed by atoms with E-state index in [1.54, 1.807) is 13.2 Å². The fraction of sp³-hybridized carbons (Fsp3) is 0.562. The number of hydrogen-bond acceptors (Lipinski definition) is 3. The Hall–Kier alpha value is -1.55. The van der Waals surface area contributed by atoms with Gasteiger partial charge in [-0.1, -0.05) is 37.8 Å². The highest BCUT2D eigenvalue weighted by molar-refractivity contribution is 5.75. The molecule has 1 aliphatic carbocycles. The van der Waals surface area contributed by atoms with Crippen molar-refractivity contribution in [3.63, 3.8) is 0 Å². The van der Waals surface area contributed by atoms with Crippen LogP contribution in [0.1, 0.15) is 50.1 Å². The second-order valence-corrected chi connectivity index (χ2v) is 5.40. The van der Waals surface area contributed by atoms with Crippen LogP contribution in [0.3, 0.4) is 0 Å². The molecular formula is C16H23NO3. The van der Waals surface area contributed by atoms with Gasteiger partial charge in [0.05, 0.1) is 7.11 Å². The van der Waals surface area contributed by atoms with E-state index in [2.05, 4.69) is 5.32 Å². The summed E-state index contributed by atoms with van der Waals surface area (Å²) in [5, 5.41) is 12.8. The first-order chi connectivity index (χ1) is 9.70. The van der Waals surface area contributed by atoms with E-state index in [0.29, 0.717) is 11.8 Å². The summed E-state index contributed by atoms with van der Waals surface area (Å²) in [6.07, 6.45) is 7.01. The number of carboxylic acid groups (broad SMARTS) is 1. The van der Waals surface area contributed by atoms with Crippen LogP contribution < -0.4 is 10.1 Å².